The smallest absolute Gasteiger partial charge is 0.118 e. The zero-order valence-electron chi connectivity index (χ0n) is 13.2. The maximum atomic E-state index is 5.60. The van der Waals surface area contributed by atoms with Gasteiger partial charge in [0, 0.05) is 11.1 Å². The Hall–Kier alpha value is -2.09. The summed E-state index contributed by atoms with van der Waals surface area (Å²) in [5.74, 6) is 0. The molecule has 0 bridgehead atoms. The zero-order valence-corrected chi connectivity index (χ0v) is 13.2. The van der Waals surface area contributed by atoms with Crippen LogP contribution in [0.25, 0.3) is 11.1 Å². The molecule has 0 heterocycles. The van der Waals surface area contributed by atoms with Crippen LogP contribution >= 0.6 is 0 Å². The largest absolute Gasteiger partial charge is 0.395 e. The lowest BCUT2D eigenvalue weighted by Gasteiger charge is -2.03. The van der Waals surface area contributed by atoms with Crippen LogP contribution in [-0.4, -0.2) is 12.3 Å². The molecule has 2 aromatic carbocycles. The standard InChI is InChI=1S/C20H23NO/c1-2-3-4-5-10-15-22-21-20-18-13-8-6-11-16(18)17-12-7-9-14-19(17)20/h6-9,11-14H,2-5,10,15H2,1H3. The zero-order chi connectivity index (χ0) is 15.2. The van der Waals surface area contributed by atoms with Crippen molar-refractivity contribution in [2.24, 2.45) is 5.16 Å². The minimum atomic E-state index is 0.706. The van der Waals surface area contributed by atoms with E-state index in [-0.39, 0.29) is 0 Å². The molecule has 0 N–H and O–H groups in total. The molecule has 0 saturated carbocycles. The average molecular weight is 293 g/mol. The highest BCUT2D eigenvalue weighted by Gasteiger charge is 2.24. The minimum Gasteiger partial charge on any atom is -0.395 e. The van der Waals surface area contributed by atoms with Crippen molar-refractivity contribution in [3.05, 3.63) is 59.7 Å². The predicted octanol–water partition coefficient (Wildman–Crippen LogP) is 5.41. The molecule has 2 heteroatoms. The van der Waals surface area contributed by atoms with Gasteiger partial charge >= 0.3 is 0 Å². The predicted molar refractivity (Wildman–Crippen MR) is 92.2 cm³/mol. The normalized spacial score (nSPS) is 12.0. The van der Waals surface area contributed by atoms with Crippen LogP contribution in [0.1, 0.15) is 50.2 Å². The Bertz CT molecular complexity index is 613. The van der Waals surface area contributed by atoms with Crippen molar-refractivity contribution >= 4 is 5.71 Å². The van der Waals surface area contributed by atoms with Crippen LogP contribution < -0.4 is 0 Å². The second-order valence-corrected chi connectivity index (χ2v) is 5.78. The molecule has 0 spiro atoms. The van der Waals surface area contributed by atoms with Gasteiger partial charge in [-0.15, -0.1) is 0 Å². The number of nitrogens with zero attached hydrogens (tertiary/aromatic N) is 1. The number of hydrogen-bond acceptors (Lipinski definition) is 2. The lowest BCUT2D eigenvalue weighted by Crippen LogP contribution is -2.00. The number of benzene rings is 2. The summed E-state index contributed by atoms with van der Waals surface area (Å²) in [6.07, 6.45) is 6.19. The lowest BCUT2D eigenvalue weighted by atomic mass is 10.1. The molecule has 0 unspecified atom stereocenters. The minimum absolute atomic E-state index is 0.706. The van der Waals surface area contributed by atoms with E-state index in [1.54, 1.807) is 0 Å². The first-order valence-corrected chi connectivity index (χ1v) is 8.31. The highest BCUT2D eigenvalue weighted by molar-refractivity contribution is 6.24. The molecular weight excluding hydrogens is 270 g/mol. The summed E-state index contributed by atoms with van der Waals surface area (Å²) in [5.41, 5.74) is 5.83. The van der Waals surface area contributed by atoms with Crippen molar-refractivity contribution in [2.75, 3.05) is 6.61 Å². The van der Waals surface area contributed by atoms with Gasteiger partial charge in [0.2, 0.25) is 0 Å². The van der Waals surface area contributed by atoms with Crippen LogP contribution in [0.15, 0.2) is 53.7 Å². The summed E-state index contributed by atoms with van der Waals surface area (Å²) < 4.78 is 0. The van der Waals surface area contributed by atoms with Gasteiger partial charge in [0.15, 0.2) is 0 Å². The van der Waals surface area contributed by atoms with E-state index in [0.717, 1.165) is 12.1 Å². The highest BCUT2D eigenvalue weighted by Crippen LogP contribution is 2.36. The second-order valence-electron chi connectivity index (χ2n) is 5.78. The first-order valence-electron chi connectivity index (χ1n) is 8.31. The highest BCUT2D eigenvalue weighted by atomic mass is 16.6. The van der Waals surface area contributed by atoms with Crippen LogP contribution in [-0.2, 0) is 4.84 Å². The van der Waals surface area contributed by atoms with Crippen LogP contribution in [0.3, 0.4) is 0 Å². The quantitative estimate of drug-likeness (QED) is 0.422. The number of hydrogen-bond donors (Lipinski definition) is 0. The van der Waals surface area contributed by atoms with E-state index in [4.69, 9.17) is 4.84 Å². The lowest BCUT2D eigenvalue weighted by molar-refractivity contribution is 0.140. The maximum absolute atomic E-state index is 5.60. The van der Waals surface area contributed by atoms with E-state index in [1.165, 1.54) is 47.9 Å². The Morgan fingerprint density at radius 2 is 1.27 bits per heavy atom. The van der Waals surface area contributed by atoms with Crippen LogP contribution in [0, 0.1) is 0 Å². The SMILES string of the molecule is CCCCCCCON=C1c2ccccc2-c2ccccc21. The molecule has 0 amide bonds. The maximum Gasteiger partial charge on any atom is 0.118 e. The molecular formula is C20H23NO. The van der Waals surface area contributed by atoms with Gasteiger partial charge < -0.3 is 4.84 Å². The van der Waals surface area contributed by atoms with Crippen LogP contribution in [0.2, 0.25) is 0 Å². The molecule has 1 aliphatic carbocycles. The van der Waals surface area contributed by atoms with Crippen LogP contribution in [0.5, 0.6) is 0 Å². The molecule has 3 rings (SSSR count). The van der Waals surface area contributed by atoms with Crippen molar-refractivity contribution < 1.29 is 4.84 Å². The number of unbranched alkanes of at least 4 members (excludes halogenated alkanes) is 4. The Balaban J connectivity index is 1.69. The number of oxime groups is 1. The summed E-state index contributed by atoms with van der Waals surface area (Å²) in [6.45, 7) is 2.94. The first kappa shape index (κ1) is 14.8. The molecule has 0 radical (unpaired) electrons. The topological polar surface area (TPSA) is 21.6 Å². The van der Waals surface area contributed by atoms with Crippen LogP contribution in [0.4, 0.5) is 0 Å². The summed E-state index contributed by atoms with van der Waals surface area (Å²) in [7, 11) is 0. The fourth-order valence-electron chi connectivity index (χ4n) is 2.97. The third kappa shape index (κ3) is 3.06. The van der Waals surface area contributed by atoms with E-state index in [2.05, 4.69) is 60.6 Å². The fraction of sp³-hybridized carbons (Fsp3) is 0.350. The molecule has 0 fully saturated rings. The van der Waals surface area contributed by atoms with Crippen molar-refractivity contribution in [1.82, 2.24) is 0 Å². The Morgan fingerprint density at radius 1 is 0.727 bits per heavy atom. The van der Waals surface area contributed by atoms with Gasteiger partial charge in [0.1, 0.15) is 12.3 Å². The van der Waals surface area contributed by atoms with Gasteiger partial charge in [-0.3, -0.25) is 0 Å². The molecule has 0 saturated heterocycles. The number of fused-ring (bicyclic) bond motifs is 3. The number of rotatable bonds is 7. The van der Waals surface area contributed by atoms with Gasteiger partial charge in [0.05, 0.1) is 0 Å². The van der Waals surface area contributed by atoms with Crippen molar-refractivity contribution in [3.8, 4) is 11.1 Å². The molecule has 1 aliphatic rings. The third-order valence-electron chi connectivity index (χ3n) is 4.15. The summed E-state index contributed by atoms with van der Waals surface area (Å²) in [6, 6.07) is 16.8. The van der Waals surface area contributed by atoms with E-state index in [9.17, 15) is 0 Å². The summed E-state index contributed by atoms with van der Waals surface area (Å²) >= 11 is 0. The Kier molecular flexibility index (Phi) is 4.89. The molecule has 2 aromatic rings. The molecule has 0 aliphatic heterocycles. The van der Waals surface area contributed by atoms with E-state index < -0.39 is 0 Å². The summed E-state index contributed by atoms with van der Waals surface area (Å²) in [4.78, 5) is 5.60. The molecule has 0 aromatic heterocycles. The third-order valence-corrected chi connectivity index (χ3v) is 4.15. The molecule has 114 valence electrons. The summed E-state index contributed by atoms with van der Waals surface area (Å²) in [5, 5.41) is 4.44. The van der Waals surface area contributed by atoms with Gasteiger partial charge in [0.25, 0.3) is 0 Å². The molecule has 2 nitrogen and oxygen atoms in total. The van der Waals surface area contributed by atoms with Crippen molar-refractivity contribution in [3.63, 3.8) is 0 Å². The van der Waals surface area contributed by atoms with Gasteiger partial charge in [-0.25, -0.2) is 0 Å². The second kappa shape index (κ2) is 7.26. The van der Waals surface area contributed by atoms with Crippen molar-refractivity contribution in [2.45, 2.75) is 39.0 Å². The molecule has 0 atom stereocenters. The van der Waals surface area contributed by atoms with Gasteiger partial charge in [-0.1, -0.05) is 79.9 Å². The first-order chi connectivity index (χ1) is 10.9. The van der Waals surface area contributed by atoms with E-state index in [1.807, 2.05) is 0 Å². The Labute approximate surface area is 132 Å². The van der Waals surface area contributed by atoms with Gasteiger partial charge in [-0.2, -0.15) is 0 Å². The average Bonchev–Trinajstić information content (AvgIpc) is 2.89. The van der Waals surface area contributed by atoms with E-state index in [0.29, 0.717) is 6.61 Å². The van der Waals surface area contributed by atoms with Gasteiger partial charge in [-0.05, 0) is 24.0 Å². The van der Waals surface area contributed by atoms with E-state index >= 15 is 0 Å². The molecule has 22 heavy (non-hydrogen) atoms. The fourth-order valence-corrected chi connectivity index (χ4v) is 2.97. The van der Waals surface area contributed by atoms with Crippen molar-refractivity contribution in [1.29, 1.82) is 0 Å². The monoisotopic (exact) mass is 293 g/mol. The Morgan fingerprint density at radius 3 is 1.86 bits per heavy atom.